The first kappa shape index (κ1) is 19.0. The van der Waals surface area contributed by atoms with Crippen LogP contribution in [0.1, 0.15) is 80.1 Å². The molecular weight excluding hydrogens is 344 g/mol. The standard InChI is InChI=1S/C21H28N2O2S/c1-3-4-6-13-21(14-7-5-8-15-21)20-23-22-18(26-20)16-9-11-17(12-10-16)19(24)25-2/h9-12H,3-8,13-15H2,1-2H3. The normalized spacial score (nSPS) is 16.4. The van der Waals surface area contributed by atoms with Crippen LogP contribution >= 0.6 is 11.3 Å². The van der Waals surface area contributed by atoms with Crippen molar-refractivity contribution in [2.45, 2.75) is 70.1 Å². The van der Waals surface area contributed by atoms with E-state index in [2.05, 4.69) is 17.1 Å². The van der Waals surface area contributed by atoms with Gasteiger partial charge in [-0.05, 0) is 31.4 Å². The summed E-state index contributed by atoms with van der Waals surface area (Å²) in [5, 5.41) is 11.2. The smallest absolute Gasteiger partial charge is 0.337 e. The van der Waals surface area contributed by atoms with Gasteiger partial charge in [0.25, 0.3) is 0 Å². The van der Waals surface area contributed by atoms with Gasteiger partial charge in [-0.3, -0.25) is 0 Å². The maximum absolute atomic E-state index is 11.6. The van der Waals surface area contributed by atoms with Crippen molar-refractivity contribution < 1.29 is 9.53 Å². The minimum atomic E-state index is -0.313. The Kier molecular flexibility index (Phi) is 6.41. The molecule has 0 saturated heterocycles. The number of esters is 1. The van der Waals surface area contributed by atoms with Gasteiger partial charge >= 0.3 is 5.97 Å². The minimum Gasteiger partial charge on any atom is -0.465 e. The van der Waals surface area contributed by atoms with Gasteiger partial charge in [0.2, 0.25) is 0 Å². The fraction of sp³-hybridized carbons (Fsp3) is 0.571. The Morgan fingerprint density at radius 2 is 1.85 bits per heavy atom. The van der Waals surface area contributed by atoms with Crippen LogP contribution in [0.4, 0.5) is 0 Å². The molecule has 0 bridgehead atoms. The lowest BCUT2D eigenvalue weighted by atomic mass is 9.71. The van der Waals surface area contributed by atoms with Crippen LogP contribution in [0.25, 0.3) is 10.6 Å². The molecule has 0 atom stereocenters. The second kappa shape index (κ2) is 8.76. The van der Waals surface area contributed by atoms with Gasteiger partial charge in [-0.1, -0.05) is 68.9 Å². The molecule has 1 fully saturated rings. The zero-order valence-corrected chi connectivity index (χ0v) is 16.6. The number of hydrogen-bond donors (Lipinski definition) is 0. The number of aromatic nitrogens is 2. The molecule has 1 aromatic carbocycles. The molecule has 0 unspecified atom stereocenters. The number of rotatable bonds is 7. The topological polar surface area (TPSA) is 52.1 Å². The first-order valence-electron chi connectivity index (χ1n) is 9.71. The highest BCUT2D eigenvalue weighted by molar-refractivity contribution is 7.14. The van der Waals surface area contributed by atoms with Crippen molar-refractivity contribution in [1.29, 1.82) is 0 Å². The lowest BCUT2D eigenvalue weighted by molar-refractivity contribution is 0.0601. The van der Waals surface area contributed by atoms with E-state index in [1.165, 1.54) is 69.9 Å². The summed E-state index contributed by atoms with van der Waals surface area (Å²) in [5.41, 5.74) is 1.81. The summed E-state index contributed by atoms with van der Waals surface area (Å²) in [4.78, 5) is 11.6. The second-order valence-electron chi connectivity index (χ2n) is 7.28. The highest BCUT2D eigenvalue weighted by Gasteiger charge is 2.36. The number of ether oxygens (including phenoxy) is 1. The van der Waals surface area contributed by atoms with Crippen LogP contribution < -0.4 is 0 Å². The van der Waals surface area contributed by atoms with Crippen LogP contribution in [0.2, 0.25) is 0 Å². The lowest BCUT2D eigenvalue weighted by Gasteiger charge is -2.35. The Labute approximate surface area is 160 Å². The summed E-state index contributed by atoms with van der Waals surface area (Å²) in [6, 6.07) is 7.45. The van der Waals surface area contributed by atoms with E-state index in [1.54, 1.807) is 23.5 Å². The van der Waals surface area contributed by atoms with E-state index in [9.17, 15) is 4.79 Å². The third kappa shape index (κ3) is 4.14. The van der Waals surface area contributed by atoms with Crippen molar-refractivity contribution in [3.8, 4) is 10.6 Å². The molecule has 1 aromatic heterocycles. The number of nitrogens with zero attached hydrogens (tertiary/aromatic N) is 2. The highest BCUT2D eigenvalue weighted by atomic mass is 32.1. The van der Waals surface area contributed by atoms with Crippen LogP contribution in [0, 0.1) is 0 Å². The summed E-state index contributed by atoms with van der Waals surface area (Å²) >= 11 is 1.73. The Morgan fingerprint density at radius 1 is 1.12 bits per heavy atom. The fourth-order valence-corrected chi connectivity index (χ4v) is 5.06. The van der Waals surface area contributed by atoms with E-state index in [-0.39, 0.29) is 11.4 Å². The molecule has 3 rings (SSSR count). The predicted octanol–water partition coefficient (Wildman–Crippen LogP) is 5.77. The van der Waals surface area contributed by atoms with Gasteiger partial charge in [-0.2, -0.15) is 0 Å². The molecule has 140 valence electrons. The highest BCUT2D eigenvalue weighted by Crippen LogP contribution is 2.45. The molecule has 26 heavy (non-hydrogen) atoms. The first-order valence-corrected chi connectivity index (χ1v) is 10.5. The Bertz CT molecular complexity index is 718. The number of unbranched alkanes of at least 4 members (excludes halogenated alkanes) is 2. The lowest BCUT2D eigenvalue weighted by Crippen LogP contribution is -2.29. The molecule has 4 nitrogen and oxygen atoms in total. The van der Waals surface area contributed by atoms with Crippen molar-refractivity contribution in [2.75, 3.05) is 7.11 Å². The SMILES string of the molecule is CCCCCC1(c2nnc(-c3ccc(C(=O)OC)cc3)s2)CCCCC1. The third-order valence-electron chi connectivity index (χ3n) is 5.50. The second-order valence-corrected chi connectivity index (χ2v) is 8.26. The largest absolute Gasteiger partial charge is 0.465 e. The molecule has 5 heteroatoms. The Balaban J connectivity index is 1.81. The van der Waals surface area contributed by atoms with E-state index >= 15 is 0 Å². The number of benzene rings is 1. The zero-order chi connectivity index (χ0) is 18.4. The molecule has 1 saturated carbocycles. The van der Waals surface area contributed by atoms with Crippen LogP contribution in [0.3, 0.4) is 0 Å². The van der Waals surface area contributed by atoms with Gasteiger partial charge in [0.05, 0.1) is 12.7 Å². The molecule has 0 amide bonds. The van der Waals surface area contributed by atoms with Gasteiger partial charge in [0.1, 0.15) is 10.0 Å². The number of hydrogen-bond acceptors (Lipinski definition) is 5. The van der Waals surface area contributed by atoms with Crippen molar-refractivity contribution in [3.63, 3.8) is 0 Å². The molecule has 0 N–H and O–H groups in total. The van der Waals surface area contributed by atoms with Crippen LogP contribution in [-0.4, -0.2) is 23.3 Å². The van der Waals surface area contributed by atoms with Crippen molar-refractivity contribution in [1.82, 2.24) is 10.2 Å². The summed E-state index contributed by atoms with van der Waals surface area (Å²) in [7, 11) is 1.40. The Morgan fingerprint density at radius 3 is 2.50 bits per heavy atom. The summed E-state index contributed by atoms with van der Waals surface area (Å²) in [5.74, 6) is -0.313. The third-order valence-corrected chi connectivity index (χ3v) is 6.72. The van der Waals surface area contributed by atoms with Crippen LogP contribution in [-0.2, 0) is 10.2 Å². The van der Waals surface area contributed by atoms with Crippen molar-refractivity contribution >= 4 is 17.3 Å². The molecule has 0 spiro atoms. The minimum absolute atomic E-state index is 0.231. The molecule has 1 heterocycles. The van der Waals surface area contributed by atoms with E-state index in [0.29, 0.717) is 5.56 Å². The van der Waals surface area contributed by atoms with Gasteiger partial charge in [-0.15, -0.1) is 10.2 Å². The first-order chi connectivity index (χ1) is 12.7. The van der Waals surface area contributed by atoms with Gasteiger partial charge in [0, 0.05) is 11.0 Å². The van der Waals surface area contributed by atoms with Crippen LogP contribution in [0.5, 0.6) is 0 Å². The molecule has 1 aliphatic rings. The Hall–Kier alpha value is -1.75. The number of carbonyl (C=O) groups is 1. The summed E-state index contributed by atoms with van der Waals surface area (Å²) < 4.78 is 4.76. The van der Waals surface area contributed by atoms with Crippen molar-refractivity contribution in [3.05, 3.63) is 34.8 Å². The van der Waals surface area contributed by atoms with Gasteiger partial charge in [0.15, 0.2) is 0 Å². The molecule has 0 radical (unpaired) electrons. The fourth-order valence-electron chi connectivity index (χ4n) is 3.93. The summed E-state index contributed by atoms with van der Waals surface area (Å²) in [6.45, 7) is 2.26. The average Bonchev–Trinajstić information content (AvgIpc) is 3.19. The quantitative estimate of drug-likeness (QED) is 0.457. The van der Waals surface area contributed by atoms with E-state index < -0.39 is 0 Å². The van der Waals surface area contributed by atoms with E-state index in [4.69, 9.17) is 4.74 Å². The molecule has 0 aliphatic heterocycles. The average molecular weight is 373 g/mol. The van der Waals surface area contributed by atoms with Crippen molar-refractivity contribution in [2.24, 2.45) is 0 Å². The zero-order valence-electron chi connectivity index (χ0n) is 15.8. The number of carbonyl (C=O) groups excluding carboxylic acids is 1. The molecule has 2 aromatic rings. The predicted molar refractivity (Wildman–Crippen MR) is 106 cm³/mol. The van der Waals surface area contributed by atoms with Gasteiger partial charge < -0.3 is 4.74 Å². The van der Waals surface area contributed by atoms with Gasteiger partial charge in [-0.25, -0.2) is 4.79 Å². The molecular formula is C21H28N2O2S. The maximum atomic E-state index is 11.6. The van der Waals surface area contributed by atoms with E-state index in [1.807, 2.05) is 12.1 Å². The van der Waals surface area contributed by atoms with Crippen LogP contribution in [0.15, 0.2) is 24.3 Å². The maximum Gasteiger partial charge on any atom is 0.337 e. The summed E-state index contributed by atoms with van der Waals surface area (Å²) in [6.07, 6.45) is 11.5. The monoisotopic (exact) mass is 372 g/mol. The number of methoxy groups -OCH3 is 1. The molecule has 1 aliphatic carbocycles. The van der Waals surface area contributed by atoms with E-state index in [0.717, 1.165) is 10.6 Å².